The molecule has 3 heterocycles. The molecule has 0 N–H and O–H groups in total. The SMILES string of the molecule is Cc1cc(C)c(-n2cccn2)c(-c2nccn2C2CCOCC2)c1. The molecule has 0 radical (unpaired) electrons. The quantitative estimate of drug-likeness (QED) is 0.738. The fraction of sp³-hybridized carbons (Fsp3) is 0.368. The highest BCUT2D eigenvalue weighted by atomic mass is 16.5. The molecule has 0 aliphatic carbocycles. The Hall–Kier alpha value is -2.40. The molecule has 0 unspecified atom stereocenters. The molecule has 5 nitrogen and oxygen atoms in total. The summed E-state index contributed by atoms with van der Waals surface area (Å²) in [4.78, 5) is 4.70. The Labute approximate surface area is 141 Å². The Kier molecular flexibility index (Phi) is 3.94. The average molecular weight is 322 g/mol. The number of ether oxygens (including phenoxy) is 1. The van der Waals surface area contributed by atoms with Gasteiger partial charge in [0.05, 0.1) is 5.69 Å². The minimum atomic E-state index is 0.447. The van der Waals surface area contributed by atoms with Crippen LogP contribution in [0.5, 0.6) is 0 Å². The number of aromatic nitrogens is 4. The molecule has 24 heavy (non-hydrogen) atoms. The van der Waals surface area contributed by atoms with E-state index in [1.54, 1.807) is 0 Å². The number of imidazole rings is 1. The number of benzene rings is 1. The van der Waals surface area contributed by atoms with Crippen molar-refractivity contribution >= 4 is 0 Å². The first-order chi connectivity index (χ1) is 11.7. The molecule has 5 heteroatoms. The van der Waals surface area contributed by atoms with Gasteiger partial charge in [0.1, 0.15) is 5.82 Å². The van der Waals surface area contributed by atoms with Crippen LogP contribution in [0.25, 0.3) is 17.1 Å². The van der Waals surface area contributed by atoms with Crippen molar-refractivity contribution in [3.63, 3.8) is 0 Å². The fourth-order valence-corrected chi connectivity index (χ4v) is 3.62. The Bertz CT molecular complexity index is 829. The van der Waals surface area contributed by atoms with Crippen LogP contribution in [-0.4, -0.2) is 32.5 Å². The highest BCUT2D eigenvalue weighted by Gasteiger charge is 2.21. The topological polar surface area (TPSA) is 44.9 Å². The Balaban J connectivity index is 1.87. The van der Waals surface area contributed by atoms with E-state index in [4.69, 9.17) is 9.72 Å². The van der Waals surface area contributed by atoms with E-state index in [0.717, 1.165) is 43.1 Å². The zero-order valence-corrected chi connectivity index (χ0v) is 14.1. The van der Waals surface area contributed by atoms with Crippen molar-refractivity contribution in [2.45, 2.75) is 32.7 Å². The summed E-state index contributed by atoms with van der Waals surface area (Å²) in [6.07, 6.45) is 9.86. The maximum absolute atomic E-state index is 5.52. The van der Waals surface area contributed by atoms with Crippen LogP contribution in [0.3, 0.4) is 0 Å². The van der Waals surface area contributed by atoms with Gasteiger partial charge in [0, 0.05) is 49.6 Å². The second-order valence-electron chi connectivity index (χ2n) is 6.43. The Morgan fingerprint density at radius 3 is 2.67 bits per heavy atom. The summed E-state index contributed by atoms with van der Waals surface area (Å²) in [5.74, 6) is 1.01. The smallest absolute Gasteiger partial charge is 0.142 e. The minimum Gasteiger partial charge on any atom is -0.381 e. The molecule has 2 aromatic heterocycles. The van der Waals surface area contributed by atoms with Gasteiger partial charge in [-0.25, -0.2) is 9.67 Å². The molecular formula is C19H22N4O. The maximum atomic E-state index is 5.52. The first kappa shape index (κ1) is 15.1. The molecule has 0 atom stereocenters. The second kappa shape index (κ2) is 6.24. The van der Waals surface area contributed by atoms with E-state index in [1.807, 2.05) is 29.3 Å². The zero-order valence-electron chi connectivity index (χ0n) is 14.1. The van der Waals surface area contributed by atoms with E-state index in [0.29, 0.717) is 6.04 Å². The summed E-state index contributed by atoms with van der Waals surface area (Å²) in [5.41, 5.74) is 4.67. The van der Waals surface area contributed by atoms with Gasteiger partial charge in [0.2, 0.25) is 0 Å². The van der Waals surface area contributed by atoms with E-state index in [1.165, 1.54) is 11.1 Å². The fourth-order valence-electron chi connectivity index (χ4n) is 3.62. The van der Waals surface area contributed by atoms with Crippen molar-refractivity contribution in [2.24, 2.45) is 0 Å². The van der Waals surface area contributed by atoms with Crippen LogP contribution >= 0.6 is 0 Å². The number of hydrogen-bond donors (Lipinski definition) is 0. The summed E-state index contributed by atoms with van der Waals surface area (Å²) in [7, 11) is 0. The van der Waals surface area contributed by atoms with Crippen LogP contribution in [0.15, 0.2) is 43.0 Å². The molecule has 0 bridgehead atoms. The van der Waals surface area contributed by atoms with Crippen molar-refractivity contribution in [1.29, 1.82) is 0 Å². The monoisotopic (exact) mass is 322 g/mol. The maximum Gasteiger partial charge on any atom is 0.142 e. The molecule has 1 saturated heterocycles. The van der Waals surface area contributed by atoms with E-state index in [-0.39, 0.29) is 0 Å². The molecule has 1 aromatic carbocycles. The molecule has 1 aliphatic rings. The average Bonchev–Trinajstić information content (AvgIpc) is 3.26. The van der Waals surface area contributed by atoms with Crippen molar-refractivity contribution in [1.82, 2.24) is 19.3 Å². The van der Waals surface area contributed by atoms with Gasteiger partial charge in [-0.15, -0.1) is 0 Å². The first-order valence-corrected chi connectivity index (χ1v) is 8.46. The van der Waals surface area contributed by atoms with Crippen LogP contribution in [0.1, 0.15) is 30.0 Å². The zero-order chi connectivity index (χ0) is 16.5. The second-order valence-corrected chi connectivity index (χ2v) is 6.43. The van der Waals surface area contributed by atoms with Gasteiger partial charge in [-0.1, -0.05) is 6.07 Å². The van der Waals surface area contributed by atoms with Crippen molar-refractivity contribution in [3.8, 4) is 17.1 Å². The number of aryl methyl sites for hydroxylation is 2. The molecule has 1 fully saturated rings. The Morgan fingerprint density at radius 2 is 1.92 bits per heavy atom. The van der Waals surface area contributed by atoms with Gasteiger partial charge in [0.15, 0.2) is 0 Å². The van der Waals surface area contributed by atoms with Crippen LogP contribution in [0, 0.1) is 13.8 Å². The van der Waals surface area contributed by atoms with Crippen molar-refractivity contribution < 1.29 is 4.74 Å². The van der Waals surface area contributed by atoms with E-state index < -0.39 is 0 Å². The molecule has 4 rings (SSSR count). The normalized spacial score (nSPS) is 15.8. The summed E-state index contributed by atoms with van der Waals surface area (Å²) in [5, 5.41) is 4.45. The predicted molar refractivity (Wildman–Crippen MR) is 93.3 cm³/mol. The highest BCUT2D eigenvalue weighted by Crippen LogP contribution is 2.33. The van der Waals surface area contributed by atoms with Gasteiger partial charge in [-0.05, 0) is 49.9 Å². The summed E-state index contributed by atoms with van der Waals surface area (Å²) < 4.78 is 9.76. The lowest BCUT2D eigenvalue weighted by atomic mass is 10.0. The van der Waals surface area contributed by atoms with Crippen molar-refractivity contribution in [2.75, 3.05) is 13.2 Å². The third kappa shape index (κ3) is 2.65. The van der Waals surface area contributed by atoms with Crippen molar-refractivity contribution in [3.05, 3.63) is 54.1 Å². The molecule has 3 aromatic rings. The summed E-state index contributed by atoms with van der Waals surface area (Å²) >= 11 is 0. The standard InChI is InChI=1S/C19H22N4O/c1-14-12-15(2)18(23-8-3-6-21-23)17(13-14)19-20-7-9-22(19)16-4-10-24-11-5-16/h3,6-9,12-13,16H,4-5,10-11H2,1-2H3. The van der Waals surface area contributed by atoms with Gasteiger partial charge >= 0.3 is 0 Å². The lowest BCUT2D eigenvalue weighted by Crippen LogP contribution is -2.20. The van der Waals surface area contributed by atoms with Gasteiger partial charge in [0.25, 0.3) is 0 Å². The molecular weight excluding hydrogens is 300 g/mol. The Morgan fingerprint density at radius 1 is 1.08 bits per heavy atom. The van der Waals surface area contributed by atoms with E-state index in [2.05, 4.69) is 41.8 Å². The van der Waals surface area contributed by atoms with E-state index in [9.17, 15) is 0 Å². The number of hydrogen-bond acceptors (Lipinski definition) is 3. The molecule has 0 amide bonds. The molecule has 0 saturated carbocycles. The first-order valence-electron chi connectivity index (χ1n) is 8.46. The molecule has 0 spiro atoms. The lowest BCUT2D eigenvalue weighted by molar-refractivity contribution is 0.0700. The van der Waals surface area contributed by atoms with Crippen LogP contribution < -0.4 is 0 Å². The summed E-state index contributed by atoms with van der Waals surface area (Å²) in [6.45, 7) is 5.91. The van der Waals surface area contributed by atoms with Crippen LogP contribution in [-0.2, 0) is 4.74 Å². The predicted octanol–water partition coefficient (Wildman–Crippen LogP) is 3.70. The lowest BCUT2D eigenvalue weighted by Gasteiger charge is -2.25. The van der Waals surface area contributed by atoms with Gasteiger partial charge in [-0.3, -0.25) is 0 Å². The van der Waals surface area contributed by atoms with E-state index >= 15 is 0 Å². The van der Waals surface area contributed by atoms with Gasteiger partial charge < -0.3 is 9.30 Å². The molecule has 1 aliphatic heterocycles. The van der Waals surface area contributed by atoms with Gasteiger partial charge in [-0.2, -0.15) is 5.10 Å². The minimum absolute atomic E-state index is 0.447. The number of rotatable bonds is 3. The van der Waals surface area contributed by atoms with Crippen LogP contribution in [0.2, 0.25) is 0 Å². The van der Waals surface area contributed by atoms with Crippen LogP contribution in [0.4, 0.5) is 0 Å². The third-order valence-electron chi connectivity index (χ3n) is 4.67. The molecule has 124 valence electrons. The number of nitrogens with zero attached hydrogens (tertiary/aromatic N) is 4. The summed E-state index contributed by atoms with van der Waals surface area (Å²) in [6, 6.07) is 6.81. The third-order valence-corrected chi connectivity index (χ3v) is 4.67. The highest BCUT2D eigenvalue weighted by molar-refractivity contribution is 5.71. The largest absolute Gasteiger partial charge is 0.381 e.